The van der Waals surface area contributed by atoms with Crippen molar-refractivity contribution in [1.82, 2.24) is 9.88 Å². The third kappa shape index (κ3) is 3.25. The van der Waals surface area contributed by atoms with E-state index in [2.05, 4.69) is 4.98 Å². The molecule has 110 valence electrons. The number of benzene rings is 1. The first-order chi connectivity index (χ1) is 9.88. The van der Waals surface area contributed by atoms with E-state index < -0.39 is 11.6 Å². The Morgan fingerprint density at radius 1 is 1.24 bits per heavy atom. The summed E-state index contributed by atoms with van der Waals surface area (Å²) in [6.07, 6.45) is 1.29. The van der Waals surface area contributed by atoms with Gasteiger partial charge in [0.15, 0.2) is 11.6 Å². The number of halogens is 2. The summed E-state index contributed by atoms with van der Waals surface area (Å²) in [5.74, 6) is -2.11. The van der Waals surface area contributed by atoms with Crippen molar-refractivity contribution in [3.63, 3.8) is 0 Å². The van der Waals surface area contributed by atoms with Crippen LogP contribution < -0.4 is 10.5 Å². The minimum Gasteiger partial charge on any atom is -0.436 e. The van der Waals surface area contributed by atoms with Crippen molar-refractivity contribution in [2.75, 3.05) is 19.8 Å². The molecule has 1 aromatic carbocycles. The second-order valence-corrected chi connectivity index (χ2v) is 4.49. The number of nitrogens with two attached hydrogens (primary N) is 1. The molecular formula is C14H13F2N3O2. The lowest BCUT2D eigenvalue weighted by molar-refractivity contribution is 0.0827. The van der Waals surface area contributed by atoms with Gasteiger partial charge in [0, 0.05) is 38.5 Å². The highest BCUT2D eigenvalue weighted by Gasteiger charge is 2.12. The van der Waals surface area contributed by atoms with Gasteiger partial charge in [0.05, 0.1) is 11.3 Å². The van der Waals surface area contributed by atoms with Gasteiger partial charge in [0.2, 0.25) is 5.88 Å². The Hall–Kier alpha value is -2.70. The number of ether oxygens (including phenoxy) is 1. The smallest absolute Gasteiger partial charge is 0.254 e. The molecule has 2 N–H and O–H groups in total. The molecule has 0 unspecified atom stereocenters. The van der Waals surface area contributed by atoms with Crippen LogP contribution in [0.1, 0.15) is 10.4 Å². The molecule has 0 aliphatic carbocycles. The quantitative estimate of drug-likeness (QED) is 0.882. The molecule has 0 saturated heterocycles. The van der Waals surface area contributed by atoms with Gasteiger partial charge < -0.3 is 15.4 Å². The largest absolute Gasteiger partial charge is 0.436 e. The van der Waals surface area contributed by atoms with E-state index in [1.165, 1.54) is 23.2 Å². The first kappa shape index (κ1) is 14.7. The van der Waals surface area contributed by atoms with E-state index in [0.29, 0.717) is 5.56 Å². The molecule has 0 radical (unpaired) electrons. The van der Waals surface area contributed by atoms with Gasteiger partial charge in [-0.3, -0.25) is 4.79 Å². The Morgan fingerprint density at radius 2 is 1.95 bits per heavy atom. The summed E-state index contributed by atoms with van der Waals surface area (Å²) in [5, 5.41) is 0. The number of aromatic nitrogens is 1. The van der Waals surface area contributed by atoms with Crippen LogP contribution in [0.25, 0.3) is 0 Å². The lowest BCUT2D eigenvalue weighted by Crippen LogP contribution is -2.21. The number of carbonyl (C=O) groups is 1. The molecule has 1 aromatic heterocycles. The molecular weight excluding hydrogens is 280 g/mol. The van der Waals surface area contributed by atoms with Gasteiger partial charge >= 0.3 is 0 Å². The van der Waals surface area contributed by atoms with Crippen LogP contribution in [0.2, 0.25) is 0 Å². The number of hydrogen-bond donors (Lipinski definition) is 1. The van der Waals surface area contributed by atoms with E-state index >= 15 is 0 Å². The molecule has 7 heteroatoms. The molecule has 0 fully saturated rings. The summed E-state index contributed by atoms with van der Waals surface area (Å²) in [6, 6.07) is 4.54. The molecule has 2 aromatic rings. The number of anilines is 1. The fraction of sp³-hybridized carbons (Fsp3) is 0.143. The van der Waals surface area contributed by atoms with E-state index in [-0.39, 0.29) is 23.2 Å². The average Bonchev–Trinajstić information content (AvgIpc) is 2.44. The minimum atomic E-state index is -0.802. The SMILES string of the molecule is CN(C)C(=O)c1ccc(Oc2cc(F)c(N)cc2F)nc1. The molecule has 0 saturated carbocycles. The summed E-state index contributed by atoms with van der Waals surface area (Å²) >= 11 is 0. The summed E-state index contributed by atoms with van der Waals surface area (Å²) in [6.45, 7) is 0. The van der Waals surface area contributed by atoms with Crippen molar-refractivity contribution in [3.05, 3.63) is 47.7 Å². The fourth-order valence-electron chi connectivity index (χ4n) is 1.56. The molecule has 21 heavy (non-hydrogen) atoms. The zero-order valence-corrected chi connectivity index (χ0v) is 11.4. The number of pyridine rings is 1. The molecule has 0 aliphatic heterocycles. The van der Waals surface area contributed by atoms with Crippen LogP contribution >= 0.6 is 0 Å². The van der Waals surface area contributed by atoms with Gasteiger partial charge in [-0.1, -0.05) is 0 Å². The Bertz CT molecular complexity index is 673. The van der Waals surface area contributed by atoms with E-state index in [1.54, 1.807) is 14.1 Å². The number of rotatable bonds is 3. The van der Waals surface area contributed by atoms with E-state index in [4.69, 9.17) is 10.5 Å². The lowest BCUT2D eigenvalue weighted by Gasteiger charge is -2.10. The number of nitrogen functional groups attached to an aromatic ring is 1. The fourth-order valence-corrected chi connectivity index (χ4v) is 1.56. The van der Waals surface area contributed by atoms with Crippen LogP contribution in [0.4, 0.5) is 14.5 Å². The van der Waals surface area contributed by atoms with Crippen LogP contribution in [0.15, 0.2) is 30.5 Å². The summed E-state index contributed by atoms with van der Waals surface area (Å²) in [7, 11) is 3.22. The third-order valence-corrected chi connectivity index (χ3v) is 2.66. The molecule has 0 bridgehead atoms. The highest BCUT2D eigenvalue weighted by Crippen LogP contribution is 2.26. The van der Waals surface area contributed by atoms with Crippen LogP contribution in [0.5, 0.6) is 11.6 Å². The maximum absolute atomic E-state index is 13.6. The van der Waals surface area contributed by atoms with Crippen molar-refractivity contribution in [2.24, 2.45) is 0 Å². The number of hydrogen-bond acceptors (Lipinski definition) is 4. The topological polar surface area (TPSA) is 68.5 Å². The van der Waals surface area contributed by atoms with E-state index in [0.717, 1.165) is 12.1 Å². The highest BCUT2D eigenvalue weighted by molar-refractivity contribution is 5.93. The van der Waals surface area contributed by atoms with E-state index in [9.17, 15) is 13.6 Å². The van der Waals surface area contributed by atoms with E-state index in [1.807, 2.05) is 0 Å². The second kappa shape index (κ2) is 5.74. The average molecular weight is 293 g/mol. The molecule has 1 amide bonds. The number of amides is 1. The Labute approximate surface area is 120 Å². The maximum Gasteiger partial charge on any atom is 0.254 e. The Kier molecular flexibility index (Phi) is 4.02. The van der Waals surface area contributed by atoms with Gasteiger partial charge in [-0.25, -0.2) is 13.8 Å². The number of nitrogens with zero attached hydrogens (tertiary/aromatic N) is 2. The molecule has 2 rings (SSSR count). The zero-order chi connectivity index (χ0) is 15.6. The molecule has 0 spiro atoms. The van der Waals surface area contributed by atoms with Gasteiger partial charge in [-0.15, -0.1) is 0 Å². The summed E-state index contributed by atoms with van der Waals surface area (Å²) < 4.78 is 32.0. The molecule has 5 nitrogen and oxygen atoms in total. The third-order valence-electron chi connectivity index (χ3n) is 2.66. The number of carbonyl (C=O) groups excluding carboxylic acids is 1. The minimum absolute atomic E-state index is 0.0355. The Balaban J connectivity index is 2.21. The van der Waals surface area contributed by atoms with Gasteiger partial charge in [0.25, 0.3) is 5.91 Å². The van der Waals surface area contributed by atoms with Gasteiger partial charge in [0.1, 0.15) is 5.82 Å². The molecule has 1 heterocycles. The van der Waals surface area contributed by atoms with Gasteiger partial charge in [-0.2, -0.15) is 0 Å². The normalized spacial score (nSPS) is 10.3. The first-order valence-corrected chi connectivity index (χ1v) is 5.98. The summed E-state index contributed by atoms with van der Waals surface area (Å²) in [4.78, 5) is 16.9. The maximum atomic E-state index is 13.6. The zero-order valence-electron chi connectivity index (χ0n) is 11.4. The van der Waals surface area contributed by atoms with Crippen LogP contribution in [-0.4, -0.2) is 29.9 Å². The second-order valence-electron chi connectivity index (χ2n) is 4.49. The van der Waals surface area contributed by atoms with Crippen molar-refractivity contribution in [3.8, 4) is 11.6 Å². The monoisotopic (exact) mass is 293 g/mol. The molecule has 0 aliphatic rings. The lowest BCUT2D eigenvalue weighted by atomic mass is 10.2. The van der Waals surface area contributed by atoms with Crippen LogP contribution in [-0.2, 0) is 0 Å². The van der Waals surface area contributed by atoms with Gasteiger partial charge in [-0.05, 0) is 6.07 Å². The van der Waals surface area contributed by atoms with Crippen molar-refractivity contribution in [1.29, 1.82) is 0 Å². The highest BCUT2D eigenvalue weighted by atomic mass is 19.1. The Morgan fingerprint density at radius 3 is 2.52 bits per heavy atom. The predicted octanol–water partition coefficient (Wildman–Crippen LogP) is 2.44. The van der Waals surface area contributed by atoms with Crippen molar-refractivity contribution >= 4 is 11.6 Å². The summed E-state index contributed by atoms with van der Waals surface area (Å²) in [5.41, 5.74) is 5.29. The van der Waals surface area contributed by atoms with Crippen LogP contribution in [0, 0.1) is 11.6 Å². The predicted molar refractivity (Wildman–Crippen MR) is 73.1 cm³/mol. The molecule has 0 atom stereocenters. The van der Waals surface area contributed by atoms with Crippen LogP contribution in [0.3, 0.4) is 0 Å². The van der Waals surface area contributed by atoms with Crippen molar-refractivity contribution < 1.29 is 18.3 Å². The standard InChI is InChI=1S/C14H13F2N3O2/c1-19(2)14(20)8-3-4-13(18-7-8)21-12-6-9(15)11(17)5-10(12)16/h3-7H,17H2,1-2H3. The first-order valence-electron chi connectivity index (χ1n) is 5.98. The van der Waals surface area contributed by atoms with Crippen molar-refractivity contribution in [2.45, 2.75) is 0 Å².